The smallest absolute Gasteiger partial charge is 0.261 e. The molecule has 2 aliphatic rings. The quantitative estimate of drug-likeness (QED) is 0.928. The highest BCUT2D eigenvalue weighted by atomic mass is 32.1. The zero-order chi connectivity index (χ0) is 14.7. The molecule has 1 atom stereocenters. The highest BCUT2D eigenvalue weighted by Crippen LogP contribution is 2.21. The SMILES string of the molecule is CN1CCC(N2CCC[C@@H](NC(=O)c3cccs3)C2)CC1. The van der Waals surface area contributed by atoms with Crippen LogP contribution in [0.15, 0.2) is 17.5 Å². The van der Waals surface area contributed by atoms with Gasteiger partial charge in [0.25, 0.3) is 5.91 Å². The van der Waals surface area contributed by atoms with Crippen LogP contribution in [0.4, 0.5) is 0 Å². The number of hydrogen-bond donors (Lipinski definition) is 1. The lowest BCUT2D eigenvalue weighted by molar-refractivity contribution is 0.0768. The number of thiophene rings is 1. The number of hydrogen-bond acceptors (Lipinski definition) is 4. The summed E-state index contributed by atoms with van der Waals surface area (Å²) in [6.45, 7) is 4.62. The van der Waals surface area contributed by atoms with Gasteiger partial charge >= 0.3 is 0 Å². The molecule has 0 radical (unpaired) electrons. The molecule has 0 aromatic carbocycles. The first kappa shape index (κ1) is 15.0. The van der Waals surface area contributed by atoms with Gasteiger partial charge in [-0.15, -0.1) is 11.3 Å². The number of piperidine rings is 2. The van der Waals surface area contributed by atoms with Crippen molar-refractivity contribution in [1.29, 1.82) is 0 Å². The third kappa shape index (κ3) is 3.84. The fourth-order valence-electron chi connectivity index (χ4n) is 3.48. The first-order chi connectivity index (χ1) is 10.2. The van der Waals surface area contributed by atoms with Crippen molar-refractivity contribution in [3.63, 3.8) is 0 Å². The minimum atomic E-state index is 0.0974. The van der Waals surface area contributed by atoms with Crippen LogP contribution in [0.3, 0.4) is 0 Å². The summed E-state index contributed by atoms with van der Waals surface area (Å²) >= 11 is 1.52. The lowest BCUT2D eigenvalue weighted by Gasteiger charge is -2.41. The van der Waals surface area contributed by atoms with E-state index in [1.54, 1.807) is 0 Å². The second-order valence-corrected chi connectivity index (χ2v) is 7.27. The molecule has 0 spiro atoms. The fraction of sp³-hybridized carbons (Fsp3) is 0.688. The summed E-state index contributed by atoms with van der Waals surface area (Å²) in [5, 5.41) is 5.18. The minimum absolute atomic E-state index is 0.0974. The molecule has 0 bridgehead atoms. The van der Waals surface area contributed by atoms with Crippen LogP contribution in [-0.2, 0) is 0 Å². The summed E-state index contributed by atoms with van der Waals surface area (Å²) in [6, 6.07) is 4.86. The Morgan fingerprint density at radius 1 is 1.29 bits per heavy atom. The standard InChI is InChI=1S/C16H25N3OS/c1-18-9-6-14(7-10-18)19-8-2-4-13(12-19)17-16(20)15-5-3-11-21-15/h3,5,11,13-14H,2,4,6-10,12H2,1H3,(H,17,20)/t13-/m1/s1. The summed E-state index contributed by atoms with van der Waals surface area (Å²) in [6.07, 6.45) is 4.84. The van der Waals surface area contributed by atoms with Gasteiger partial charge in [-0.3, -0.25) is 9.69 Å². The number of rotatable bonds is 3. The minimum Gasteiger partial charge on any atom is -0.347 e. The van der Waals surface area contributed by atoms with Crippen LogP contribution >= 0.6 is 11.3 Å². The maximum absolute atomic E-state index is 12.2. The maximum atomic E-state index is 12.2. The summed E-state index contributed by atoms with van der Waals surface area (Å²) in [5.41, 5.74) is 0. The second-order valence-electron chi connectivity index (χ2n) is 6.32. The van der Waals surface area contributed by atoms with E-state index in [-0.39, 0.29) is 5.91 Å². The molecule has 4 nitrogen and oxygen atoms in total. The molecule has 0 saturated carbocycles. The van der Waals surface area contributed by atoms with E-state index in [0.717, 1.165) is 17.8 Å². The Morgan fingerprint density at radius 3 is 2.81 bits per heavy atom. The van der Waals surface area contributed by atoms with Gasteiger partial charge in [0.2, 0.25) is 0 Å². The second kappa shape index (κ2) is 6.90. The first-order valence-electron chi connectivity index (χ1n) is 7.99. The largest absolute Gasteiger partial charge is 0.347 e. The van der Waals surface area contributed by atoms with Gasteiger partial charge in [-0.25, -0.2) is 0 Å². The zero-order valence-corrected chi connectivity index (χ0v) is 13.6. The molecule has 1 aromatic rings. The third-order valence-electron chi connectivity index (χ3n) is 4.74. The van der Waals surface area contributed by atoms with Crippen molar-refractivity contribution in [2.45, 2.75) is 37.8 Å². The van der Waals surface area contributed by atoms with Gasteiger partial charge in [-0.1, -0.05) is 6.07 Å². The van der Waals surface area contributed by atoms with E-state index in [1.165, 1.54) is 50.2 Å². The molecule has 1 N–H and O–H groups in total. The van der Waals surface area contributed by atoms with Crippen molar-refractivity contribution in [3.8, 4) is 0 Å². The van der Waals surface area contributed by atoms with Crippen molar-refractivity contribution in [1.82, 2.24) is 15.1 Å². The fourth-order valence-corrected chi connectivity index (χ4v) is 4.11. The van der Waals surface area contributed by atoms with Gasteiger partial charge in [0.1, 0.15) is 0 Å². The van der Waals surface area contributed by atoms with E-state index >= 15 is 0 Å². The Bertz CT molecular complexity index is 454. The molecule has 0 aliphatic carbocycles. The molecule has 1 amide bonds. The van der Waals surface area contributed by atoms with Crippen LogP contribution in [0.5, 0.6) is 0 Å². The van der Waals surface area contributed by atoms with Crippen LogP contribution in [0.1, 0.15) is 35.4 Å². The van der Waals surface area contributed by atoms with Crippen molar-refractivity contribution in [2.75, 3.05) is 33.2 Å². The summed E-state index contributed by atoms with van der Waals surface area (Å²) in [5.74, 6) is 0.0974. The molecule has 1 aromatic heterocycles. The van der Waals surface area contributed by atoms with Gasteiger partial charge in [-0.2, -0.15) is 0 Å². The van der Waals surface area contributed by atoms with Crippen LogP contribution in [0.25, 0.3) is 0 Å². The average Bonchev–Trinajstić information content (AvgIpc) is 3.02. The lowest BCUT2D eigenvalue weighted by Crippen LogP contribution is -2.53. The number of carbonyl (C=O) groups excluding carboxylic acids is 1. The van der Waals surface area contributed by atoms with Crippen LogP contribution in [0.2, 0.25) is 0 Å². The summed E-state index contributed by atoms with van der Waals surface area (Å²) in [4.78, 5) is 18.0. The number of carbonyl (C=O) groups is 1. The number of nitrogens with zero attached hydrogens (tertiary/aromatic N) is 2. The van der Waals surface area contributed by atoms with Gasteiger partial charge in [0.05, 0.1) is 4.88 Å². The molecular formula is C16H25N3OS. The van der Waals surface area contributed by atoms with Crippen molar-refractivity contribution in [2.24, 2.45) is 0 Å². The maximum Gasteiger partial charge on any atom is 0.261 e. The number of nitrogens with one attached hydrogen (secondary N) is 1. The molecule has 3 rings (SSSR count). The van der Waals surface area contributed by atoms with Gasteiger partial charge in [-0.05, 0) is 63.8 Å². The molecule has 0 unspecified atom stereocenters. The highest BCUT2D eigenvalue weighted by molar-refractivity contribution is 7.12. The van der Waals surface area contributed by atoms with E-state index in [1.807, 2.05) is 17.5 Å². The van der Waals surface area contributed by atoms with Crippen LogP contribution < -0.4 is 5.32 Å². The first-order valence-corrected chi connectivity index (χ1v) is 8.87. The Labute approximate surface area is 131 Å². The van der Waals surface area contributed by atoms with E-state index in [0.29, 0.717) is 12.1 Å². The highest BCUT2D eigenvalue weighted by Gasteiger charge is 2.28. The van der Waals surface area contributed by atoms with E-state index in [2.05, 4.69) is 22.2 Å². The molecule has 2 fully saturated rings. The van der Waals surface area contributed by atoms with Crippen molar-refractivity contribution < 1.29 is 4.79 Å². The normalized spacial score (nSPS) is 25.9. The topological polar surface area (TPSA) is 35.6 Å². The zero-order valence-electron chi connectivity index (χ0n) is 12.8. The number of likely N-dealkylation sites (tertiary alicyclic amines) is 2. The van der Waals surface area contributed by atoms with Gasteiger partial charge < -0.3 is 10.2 Å². The Kier molecular flexibility index (Phi) is 4.93. The summed E-state index contributed by atoms with van der Waals surface area (Å²) < 4.78 is 0. The molecule has 2 saturated heterocycles. The molecular weight excluding hydrogens is 282 g/mol. The van der Waals surface area contributed by atoms with Gasteiger partial charge in [0, 0.05) is 18.6 Å². The summed E-state index contributed by atoms with van der Waals surface area (Å²) in [7, 11) is 2.20. The van der Waals surface area contributed by atoms with E-state index < -0.39 is 0 Å². The lowest BCUT2D eigenvalue weighted by atomic mass is 9.98. The van der Waals surface area contributed by atoms with E-state index in [9.17, 15) is 4.79 Å². The monoisotopic (exact) mass is 307 g/mol. The van der Waals surface area contributed by atoms with Crippen molar-refractivity contribution in [3.05, 3.63) is 22.4 Å². The Balaban J connectivity index is 1.52. The third-order valence-corrected chi connectivity index (χ3v) is 5.61. The Hall–Kier alpha value is -0.910. The average molecular weight is 307 g/mol. The molecule has 116 valence electrons. The predicted molar refractivity (Wildman–Crippen MR) is 86.9 cm³/mol. The molecule has 2 aliphatic heterocycles. The number of amides is 1. The Morgan fingerprint density at radius 2 is 2.10 bits per heavy atom. The van der Waals surface area contributed by atoms with Gasteiger partial charge in [0.15, 0.2) is 0 Å². The molecule has 5 heteroatoms. The molecule has 3 heterocycles. The predicted octanol–water partition coefficient (Wildman–Crippen LogP) is 2.04. The van der Waals surface area contributed by atoms with E-state index in [4.69, 9.17) is 0 Å². The van der Waals surface area contributed by atoms with Crippen molar-refractivity contribution >= 4 is 17.2 Å². The molecule has 21 heavy (non-hydrogen) atoms. The van der Waals surface area contributed by atoms with Crippen LogP contribution in [0, 0.1) is 0 Å². The van der Waals surface area contributed by atoms with Crippen LogP contribution in [-0.4, -0.2) is 61.0 Å².